The fourth-order valence-electron chi connectivity index (χ4n) is 1.87. The molecule has 1 aromatic carbocycles. The van der Waals surface area contributed by atoms with Gasteiger partial charge in [-0.1, -0.05) is 12.1 Å². The van der Waals surface area contributed by atoms with Crippen molar-refractivity contribution in [2.45, 2.75) is 0 Å². The van der Waals surface area contributed by atoms with Crippen LogP contribution in [0.2, 0.25) is 0 Å². The molecule has 0 aliphatic carbocycles. The van der Waals surface area contributed by atoms with Crippen LogP contribution in [0, 0.1) is 0 Å². The molecule has 1 aromatic heterocycles. The number of hydrogen-bond acceptors (Lipinski definition) is 5. The van der Waals surface area contributed by atoms with E-state index in [0.717, 1.165) is 11.3 Å². The van der Waals surface area contributed by atoms with E-state index in [1.807, 2.05) is 24.3 Å². The van der Waals surface area contributed by atoms with E-state index < -0.39 is 5.63 Å². The summed E-state index contributed by atoms with van der Waals surface area (Å²) in [6.45, 7) is 0.243. The Morgan fingerprint density at radius 3 is 2.80 bits per heavy atom. The van der Waals surface area contributed by atoms with Gasteiger partial charge in [-0.2, -0.15) is 0 Å². The highest BCUT2D eigenvalue weighted by atomic mass is 16.7. The Labute approximate surface area is 115 Å². The van der Waals surface area contributed by atoms with E-state index in [1.54, 1.807) is 12.1 Å². The maximum absolute atomic E-state index is 11.3. The van der Waals surface area contributed by atoms with Crippen LogP contribution in [0.1, 0.15) is 11.3 Å². The van der Waals surface area contributed by atoms with Crippen molar-refractivity contribution in [3.05, 3.63) is 52.1 Å². The molecule has 2 aromatic rings. The predicted octanol–water partition coefficient (Wildman–Crippen LogP) is 2.55. The van der Waals surface area contributed by atoms with Gasteiger partial charge in [0.25, 0.3) is 0 Å². The van der Waals surface area contributed by atoms with E-state index in [1.165, 1.54) is 13.2 Å². The minimum Gasteiger partial charge on any atom is -0.496 e. The second-order valence-corrected chi connectivity index (χ2v) is 4.16. The minimum absolute atomic E-state index is 0.243. The Hall–Kier alpha value is -2.69. The second-order valence-electron chi connectivity index (χ2n) is 4.16. The molecule has 0 spiro atoms. The smallest absolute Gasteiger partial charge is 0.339 e. The SMILES string of the molecule is COc1cc(C=Cc2ccc3c(c2)OCO3)oc(=O)c1. The van der Waals surface area contributed by atoms with Crippen LogP contribution < -0.4 is 19.8 Å². The Kier molecular flexibility index (Phi) is 3.16. The molecule has 1 aliphatic heterocycles. The van der Waals surface area contributed by atoms with Crippen LogP contribution in [-0.4, -0.2) is 13.9 Å². The molecule has 0 bridgehead atoms. The van der Waals surface area contributed by atoms with Crippen molar-refractivity contribution < 1.29 is 18.6 Å². The van der Waals surface area contributed by atoms with Crippen molar-refractivity contribution in [3.8, 4) is 17.2 Å². The number of benzene rings is 1. The first-order chi connectivity index (χ1) is 9.74. The fourth-order valence-corrected chi connectivity index (χ4v) is 1.87. The summed E-state index contributed by atoms with van der Waals surface area (Å²) >= 11 is 0. The monoisotopic (exact) mass is 272 g/mol. The van der Waals surface area contributed by atoms with Gasteiger partial charge in [0.1, 0.15) is 11.5 Å². The zero-order valence-electron chi connectivity index (χ0n) is 10.8. The molecule has 0 unspecified atom stereocenters. The van der Waals surface area contributed by atoms with E-state index in [0.29, 0.717) is 17.3 Å². The lowest BCUT2D eigenvalue weighted by Crippen LogP contribution is -1.98. The van der Waals surface area contributed by atoms with Crippen molar-refractivity contribution in [2.24, 2.45) is 0 Å². The summed E-state index contributed by atoms with van der Waals surface area (Å²) < 4.78 is 20.6. The van der Waals surface area contributed by atoms with E-state index in [2.05, 4.69) is 0 Å². The molecule has 2 heterocycles. The third kappa shape index (κ3) is 2.51. The molecule has 5 heteroatoms. The van der Waals surface area contributed by atoms with Crippen molar-refractivity contribution in [3.63, 3.8) is 0 Å². The van der Waals surface area contributed by atoms with Crippen LogP contribution >= 0.6 is 0 Å². The Morgan fingerprint density at radius 2 is 1.95 bits per heavy atom. The minimum atomic E-state index is -0.449. The quantitative estimate of drug-likeness (QED) is 0.859. The molecule has 0 atom stereocenters. The van der Waals surface area contributed by atoms with Crippen molar-refractivity contribution >= 4 is 12.2 Å². The first-order valence-corrected chi connectivity index (χ1v) is 6.01. The highest BCUT2D eigenvalue weighted by Gasteiger charge is 2.12. The predicted molar refractivity (Wildman–Crippen MR) is 73.0 cm³/mol. The number of methoxy groups -OCH3 is 1. The van der Waals surface area contributed by atoms with Gasteiger partial charge < -0.3 is 18.6 Å². The lowest BCUT2D eigenvalue weighted by molar-refractivity contribution is 0.174. The average molecular weight is 272 g/mol. The Morgan fingerprint density at radius 1 is 1.10 bits per heavy atom. The fraction of sp³-hybridized carbons (Fsp3) is 0.133. The van der Waals surface area contributed by atoms with Gasteiger partial charge in [0, 0.05) is 6.07 Å². The number of fused-ring (bicyclic) bond motifs is 1. The molecule has 0 N–H and O–H groups in total. The van der Waals surface area contributed by atoms with Crippen molar-refractivity contribution in [1.82, 2.24) is 0 Å². The van der Waals surface area contributed by atoms with E-state index in [4.69, 9.17) is 18.6 Å². The number of ether oxygens (including phenoxy) is 3. The van der Waals surface area contributed by atoms with Crippen LogP contribution in [0.25, 0.3) is 12.2 Å². The Balaban J connectivity index is 1.87. The largest absolute Gasteiger partial charge is 0.496 e. The summed E-state index contributed by atoms with van der Waals surface area (Å²) in [4.78, 5) is 11.3. The summed E-state index contributed by atoms with van der Waals surface area (Å²) in [7, 11) is 1.50. The summed E-state index contributed by atoms with van der Waals surface area (Å²) in [5.41, 5.74) is 0.467. The lowest BCUT2D eigenvalue weighted by atomic mass is 10.2. The van der Waals surface area contributed by atoms with Gasteiger partial charge in [0.2, 0.25) is 6.79 Å². The molecule has 3 rings (SSSR count). The lowest BCUT2D eigenvalue weighted by Gasteiger charge is -1.99. The molecule has 0 saturated heterocycles. The molecular weight excluding hydrogens is 260 g/mol. The van der Waals surface area contributed by atoms with Crippen LogP contribution in [0.15, 0.2) is 39.5 Å². The summed E-state index contributed by atoms with van der Waals surface area (Å²) in [5, 5.41) is 0. The maximum Gasteiger partial charge on any atom is 0.339 e. The van der Waals surface area contributed by atoms with Gasteiger partial charge in [-0.25, -0.2) is 4.79 Å². The summed E-state index contributed by atoms with van der Waals surface area (Å²) in [5.74, 6) is 2.33. The van der Waals surface area contributed by atoms with Crippen molar-refractivity contribution in [1.29, 1.82) is 0 Å². The molecule has 5 nitrogen and oxygen atoms in total. The third-order valence-corrected chi connectivity index (χ3v) is 2.84. The van der Waals surface area contributed by atoms with E-state index in [-0.39, 0.29) is 6.79 Å². The van der Waals surface area contributed by atoms with Gasteiger partial charge >= 0.3 is 5.63 Å². The van der Waals surface area contributed by atoms with E-state index in [9.17, 15) is 4.79 Å². The topological polar surface area (TPSA) is 57.9 Å². The maximum atomic E-state index is 11.3. The normalized spacial score (nSPS) is 12.8. The molecule has 0 radical (unpaired) electrons. The standard InChI is InChI=1S/C15H12O5/c1-17-12-7-11(20-15(16)8-12)4-2-10-3-5-13-14(6-10)19-9-18-13/h2-8H,9H2,1H3. The van der Waals surface area contributed by atoms with Crippen LogP contribution in [0.5, 0.6) is 17.2 Å². The van der Waals surface area contributed by atoms with Gasteiger partial charge in [0.05, 0.1) is 13.2 Å². The van der Waals surface area contributed by atoms with Crippen molar-refractivity contribution in [2.75, 3.05) is 13.9 Å². The summed E-state index contributed by atoms with van der Waals surface area (Å²) in [6, 6.07) is 8.52. The van der Waals surface area contributed by atoms with Gasteiger partial charge in [-0.05, 0) is 23.8 Å². The van der Waals surface area contributed by atoms with Gasteiger partial charge in [0.15, 0.2) is 11.5 Å². The number of rotatable bonds is 3. The van der Waals surface area contributed by atoms with Gasteiger partial charge in [-0.3, -0.25) is 0 Å². The highest BCUT2D eigenvalue weighted by Crippen LogP contribution is 2.32. The molecule has 1 aliphatic rings. The first kappa shape index (κ1) is 12.3. The van der Waals surface area contributed by atoms with E-state index >= 15 is 0 Å². The third-order valence-electron chi connectivity index (χ3n) is 2.84. The molecule has 0 fully saturated rings. The average Bonchev–Trinajstić information content (AvgIpc) is 2.92. The summed E-state index contributed by atoms with van der Waals surface area (Å²) in [6.07, 6.45) is 3.52. The highest BCUT2D eigenvalue weighted by molar-refractivity contribution is 5.69. The molecule has 0 saturated carbocycles. The van der Waals surface area contributed by atoms with Crippen LogP contribution in [-0.2, 0) is 0 Å². The number of hydrogen-bond donors (Lipinski definition) is 0. The first-order valence-electron chi connectivity index (χ1n) is 6.01. The second kappa shape index (κ2) is 5.13. The molecule has 0 amide bonds. The van der Waals surface area contributed by atoms with Crippen LogP contribution in [0.3, 0.4) is 0 Å². The molecule has 102 valence electrons. The Bertz CT molecular complexity index is 714. The zero-order chi connectivity index (χ0) is 13.9. The molecular formula is C15H12O5. The van der Waals surface area contributed by atoms with Crippen LogP contribution in [0.4, 0.5) is 0 Å². The zero-order valence-corrected chi connectivity index (χ0v) is 10.8. The molecule has 20 heavy (non-hydrogen) atoms. The van der Waals surface area contributed by atoms with Gasteiger partial charge in [-0.15, -0.1) is 0 Å².